The fourth-order valence-corrected chi connectivity index (χ4v) is 3.28. The van der Waals surface area contributed by atoms with Gasteiger partial charge in [0.05, 0.1) is 37.8 Å². The molecule has 0 N–H and O–H groups in total. The molecule has 0 unspecified atom stereocenters. The van der Waals surface area contributed by atoms with Crippen molar-refractivity contribution in [1.29, 1.82) is 0 Å². The summed E-state index contributed by atoms with van der Waals surface area (Å²) in [7, 11) is 1.30. The molecule has 0 atom stereocenters. The smallest absolute Gasteiger partial charge is 0.267 e. The van der Waals surface area contributed by atoms with Crippen LogP contribution in [0.1, 0.15) is 12.0 Å². The van der Waals surface area contributed by atoms with E-state index in [0.29, 0.717) is 5.56 Å². The molecule has 0 amide bonds. The zero-order valence-corrected chi connectivity index (χ0v) is 14.6. The van der Waals surface area contributed by atoms with Gasteiger partial charge in [-0.05, 0) is 17.7 Å². The molecule has 0 saturated carbocycles. The van der Waals surface area contributed by atoms with Crippen molar-refractivity contribution < 1.29 is 13.5 Å². The average Bonchev–Trinajstić information content (AvgIpc) is 2.51. The van der Waals surface area contributed by atoms with Crippen LogP contribution in [0.3, 0.4) is 0 Å². The van der Waals surface area contributed by atoms with E-state index in [2.05, 4.69) is 0 Å². The fraction of sp³-hybridized carbons (Fsp3) is 0.143. The highest BCUT2D eigenvalue weighted by molar-refractivity contribution is 6.56. The van der Waals surface area contributed by atoms with Crippen molar-refractivity contribution in [3.8, 4) is 16.9 Å². The van der Waals surface area contributed by atoms with Crippen LogP contribution in [0.25, 0.3) is 11.1 Å². The zero-order valence-electron chi connectivity index (χ0n) is 10.9. The third-order valence-corrected chi connectivity index (χ3v) is 5.24. The van der Waals surface area contributed by atoms with Crippen LogP contribution >= 0.6 is 58.0 Å². The molecule has 0 radical (unpaired) electrons. The highest BCUT2D eigenvalue weighted by atomic mass is 35.5. The Morgan fingerprint density at radius 1 is 0.864 bits per heavy atom. The van der Waals surface area contributed by atoms with E-state index in [1.807, 2.05) is 0 Å². The predicted octanol–water partition coefficient (Wildman–Crippen LogP) is 7.57. The number of halogens is 7. The molecule has 118 valence electrons. The summed E-state index contributed by atoms with van der Waals surface area (Å²) in [6.45, 7) is 0. The van der Waals surface area contributed by atoms with Crippen molar-refractivity contribution in [3.63, 3.8) is 0 Å². The van der Waals surface area contributed by atoms with Gasteiger partial charge in [-0.3, -0.25) is 0 Å². The molecule has 8 heteroatoms. The lowest BCUT2D eigenvalue weighted by atomic mass is 10.0. The number of hydrogen-bond donors (Lipinski definition) is 0. The van der Waals surface area contributed by atoms with Gasteiger partial charge in [0, 0.05) is 5.56 Å². The van der Waals surface area contributed by atoms with E-state index in [4.69, 9.17) is 62.7 Å². The first-order valence-electron chi connectivity index (χ1n) is 5.77. The van der Waals surface area contributed by atoms with Gasteiger partial charge in [0.1, 0.15) is 5.75 Å². The van der Waals surface area contributed by atoms with Gasteiger partial charge in [0.2, 0.25) is 0 Å². The van der Waals surface area contributed by atoms with Gasteiger partial charge in [-0.1, -0.05) is 64.1 Å². The molecule has 0 aliphatic carbocycles. The third kappa shape index (κ3) is 3.10. The van der Waals surface area contributed by atoms with Crippen LogP contribution in [0.4, 0.5) is 8.78 Å². The number of methoxy groups -OCH3 is 1. The first kappa shape index (κ1) is 17.9. The van der Waals surface area contributed by atoms with Gasteiger partial charge >= 0.3 is 0 Å². The molecule has 0 spiro atoms. The number of alkyl halides is 2. The Morgan fingerprint density at radius 3 is 1.82 bits per heavy atom. The summed E-state index contributed by atoms with van der Waals surface area (Å²) in [4.78, 5) is 0. The number of rotatable bonds is 3. The zero-order chi connectivity index (χ0) is 16.6. The summed E-state index contributed by atoms with van der Waals surface area (Å²) in [6, 6.07) is 4.13. The van der Waals surface area contributed by atoms with E-state index < -0.39 is 6.43 Å². The topological polar surface area (TPSA) is 9.23 Å². The van der Waals surface area contributed by atoms with Gasteiger partial charge in [0.25, 0.3) is 6.43 Å². The van der Waals surface area contributed by atoms with Crippen molar-refractivity contribution in [2.45, 2.75) is 6.43 Å². The van der Waals surface area contributed by atoms with Crippen LogP contribution in [0, 0.1) is 0 Å². The number of benzene rings is 2. The van der Waals surface area contributed by atoms with E-state index in [0.717, 1.165) is 0 Å². The lowest BCUT2D eigenvalue weighted by Crippen LogP contribution is -1.94. The van der Waals surface area contributed by atoms with Crippen LogP contribution in [0.2, 0.25) is 25.1 Å². The Balaban J connectivity index is 2.75. The Morgan fingerprint density at radius 2 is 1.36 bits per heavy atom. The van der Waals surface area contributed by atoms with E-state index in [-0.39, 0.29) is 42.0 Å². The highest BCUT2D eigenvalue weighted by Crippen LogP contribution is 2.49. The second-order valence-electron chi connectivity index (χ2n) is 4.20. The first-order valence-corrected chi connectivity index (χ1v) is 7.66. The summed E-state index contributed by atoms with van der Waals surface area (Å²) in [5.41, 5.74) is 0.258. The minimum absolute atomic E-state index is 0.00199. The van der Waals surface area contributed by atoms with Crippen molar-refractivity contribution in [1.82, 2.24) is 0 Å². The molecule has 0 heterocycles. The Kier molecular flexibility index (Phi) is 5.68. The summed E-state index contributed by atoms with van der Waals surface area (Å²) in [5, 5.41) is 0.0758. The number of ether oxygens (including phenoxy) is 1. The molecule has 22 heavy (non-hydrogen) atoms. The van der Waals surface area contributed by atoms with Crippen molar-refractivity contribution in [2.75, 3.05) is 7.11 Å². The van der Waals surface area contributed by atoms with E-state index >= 15 is 0 Å². The van der Waals surface area contributed by atoms with Gasteiger partial charge in [-0.2, -0.15) is 0 Å². The minimum Gasteiger partial charge on any atom is -0.496 e. The van der Waals surface area contributed by atoms with Gasteiger partial charge in [0.15, 0.2) is 0 Å². The van der Waals surface area contributed by atoms with Crippen LogP contribution in [-0.4, -0.2) is 7.11 Å². The second kappa shape index (κ2) is 6.98. The fourth-order valence-electron chi connectivity index (χ4n) is 1.92. The van der Waals surface area contributed by atoms with E-state index in [1.54, 1.807) is 0 Å². The predicted molar refractivity (Wildman–Crippen MR) is 88.4 cm³/mol. The normalized spacial score (nSPS) is 11.1. The van der Waals surface area contributed by atoms with Crippen LogP contribution in [-0.2, 0) is 0 Å². The molecule has 2 aromatic carbocycles. The molecule has 0 fully saturated rings. The highest BCUT2D eigenvalue weighted by Gasteiger charge is 2.22. The van der Waals surface area contributed by atoms with Crippen molar-refractivity contribution >= 4 is 58.0 Å². The number of hydrogen-bond acceptors (Lipinski definition) is 1. The van der Waals surface area contributed by atoms with Gasteiger partial charge in [-0.15, -0.1) is 0 Å². The quantitative estimate of drug-likeness (QED) is 0.377. The summed E-state index contributed by atoms with van der Waals surface area (Å²) in [6.07, 6.45) is -2.73. The molecule has 0 aromatic heterocycles. The summed E-state index contributed by atoms with van der Waals surface area (Å²) < 4.78 is 31.1. The molecule has 0 aliphatic heterocycles. The lowest BCUT2D eigenvalue weighted by molar-refractivity contribution is 0.147. The summed E-state index contributed by atoms with van der Waals surface area (Å²) in [5.74, 6) is 0.0529. The lowest BCUT2D eigenvalue weighted by Gasteiger charge is -2.15. The SMILES string of the molecule is COc1ccc(-c2c(Cl)c(Cl)c(Cl)c(Cl)c2Cl)cc1C(F)F. The molecule has 0 bridgehead atoms. The molecule has 2 rings (SSSR count). The maximum atomic E-state index is 13.1. The maximum Gasteiger partial charge on any atom is 0.267 e. The monoisotopic (exact) mass is 404 g/mol. The molecular formula is C14H7Cl5F2O. The molecule has 2 aromatic rings. The van der Waals surface area contributed by atoms with E-state index in [1.165, 1.54) is 25.3 Å². The van der Waals surface area contributed by atoms with Crippen LogP contribution < -0.4 is 4.74 Å². The minimum atomic E-state index is -2.73. The molecule has 0 saturated heterocycles. The Bertz CT molecular complexity index is 705. The Hall–Kier alpha value is -0.450. The van der Waals surface area contributed by atoms with Crippen LogP contribution in [0.5, 0.6) is 5.75 Å². The standard InChI is InChI=1S/C14H7Cl5F2O/c1-22-7-3-2-5(4-6(7)14(20)21)8-9(15)11(17)13(19)12(18)10(8)16/h2-4,14H,1H3. The van der Waals surface area contributed by atoms with Gasteiger partial charge in [-0.25, -0.2) is 8.78 Å². The summed E-state index contributed by atoms with van der Waals surface area (Å²) >= 11 is 30.2. The third-order valence-electron chi connectivity index (χ3n) is 2.96. The Labute approximate surface area is 150 Å². The maximum absolute atomic E-state index is 13.1. The van der Waals surface area contributed by atoms with E-state index in [9.17, 15) is 8.78 Å². The van der Waals surface area contributed by atoms with Crippen LogP contribution in [0.15, 0.2) is 18.2 Å². The van der Waals surface area contributed by atoms with Crippen molar-refractivity contribution in [3.05, 3.63) is 48.9 Å². The first-order chi connectivity index (χ1) is 10.3. The molecule has 0 aliphatic rings. The largest absolute Gasteiger partial charge is 0.496 e. The molecule has 1 nitrogen and oxygen atoms in total. The van der Waals surface area contributed by atoms with Crippen molar-refractivity contribution in [2.24, 2.45) is 0 Å². The average molecular weight is 406 g/mol. The molecular weight excluding hydrogens is 399 g/mol. The second-order valence-corrected chi connectivity index (χ2v) is 6.09. The van der Waals surface area contributed by atoms with Gasteiger partial charge < -0.3 is 4.74 Å².